The molecular weight excluding hydrogens is 701 g/mol. The van der Waals surface area contributed by atoms with Crippen molar-refractivity contribution in [3.8, 4) is 34.5 Å². The number of hydrogen-bond acceptors (Lipinski definition) is 10. The number of hydrogen-bond donors (Lipinski definition) is 4. The topological polar surface area (TPSA) is 152 Å². The van der Waals surface area contributed by atoms with E-state index >= 15 is 0 Å². The van der Waals surface area contributed by atoms with Crippen LogP contribution in [-0.4, -0.2) is 57.5 Å². The van der Waals surface area contributed by atoms with Gasteiger partial charge in [0, 0.05) is 23.5 Å². The fourth-order valence-electron chi connectivity index (χ4n) is 5.04. The Morgan fingerprint density at radius 3 is 1.25 bits per heavy atom. The lowest BCUT2D eigenvalue weighted by Crippen LogP contribution is -2.14. The highest BCUT2D eigenvalue weighted by Gasteiger charge is 2.11. The third-order valence-corrected chi connectivity index (χ3v) is 9.33. The maximum absolute atomic E-state index is 12.5. The van der Waals surface area contributed by atoms with Crippen LogP contribution < -0.4 is 29.6 Å². The number of H-pyrrole nitrogens is 2. The summed E-state index contributed by atoms with van der Waals surface area (Å²) in [5.41, 5.74) is 4.64. The summed E-state index contributed by atoms with van der Waals surface area (Å²) in [4.78, 5) is 40.5. The van der Waals surface area contributed by atoms with Crippen molar-refractivity contribution in [1.29, 1.82) is 0 Å². The number of carbonyl (C=O) groups is 2. The number of nitrogens with zero attached hydrogens (tertiary/aromatic N) is 2. The van der Waals surface area contributed by atoms with E-state index in [1.807, 2.05) is 36.4 Å². The second kappa shape index (κ2) is 15.8. The Balaban J connectivity index is 0.838. The van der Waals surface area contributed by atoms with Gasteiger partial charge in [0.05, 0.1) is 47.8 Å². The predicted octanol–water partition coefficient (Wildman–Crippen LogP) is 8.50. The molecule has 2 amide bonds. The van der Waals surface area contributed by atoms with Gasteiger partial charge in [0.2, 0.25) is 11.8 Å². The number of benzene rings is 5. The molecule has 0 spiro atoms. The molecule has 0 radical (unpaired) electrons. The van der Waals surface area contributed by atoms with Crippen molar-refractivity contribution in [2.24, 2.45) is 0 Å². The van der Waals surface area contributed by atoms with Gasteiger partial charge in [0.15, 0.2) is 10.3 Å². The minimum atomic E-state index is -0.150. The molecule has 0 aliphatic rings. The summed E-state index contributed by atoms with van der Waals surface area (Å²) in [6.07, 6.45) is 0. The van der Waals surface area contributed by atoms with E-state index in [0.29, 0.717) is 44.7 Å². The monoisotopic (exact) mass is 732 g/mol. The van der Waals surface area contributed by atoms with Gasteiger partial charge in [-0.05, 0) is 97.1 Å². The summed E-state index contributed by atoms with van der Waals surface area (Å²) in [5.74, 6) is 4.07. The van der Waals surface area contributed by atoms with Gasteiger partial charge in [0.25, 0.3) is 0 Å². The molecule has 262 valence electrons. The molecule has 0 saturated heterocycles. The van der Waals surface area contributed by atoms with Gasteiger partial charge in [-0.25, -0.2) is 9.97 Å². The van der Waals surface area contributed by atoms with E-state index in [0.717, 1.165) is 33.6 Å². The zero-order chi connectivity index (χ0) is 35.9. The van der Waals surface area contributed by atoms with Gasteiger partial charge in [-0.3, -0.25) is 9.59 Å². The van der Waals surface area contributed by atoms with Crippen LogP contribution in [0, 0.1) is 0 Å². The third kappa shape index (κ3) is 8.78. The molecule has 0 unspecified atom stereocenters. The molecule has 2 aromatic heterocycles. The summed E-state index contributed by atoms with van der Waals surface area (Å²) in [5, 5.41) is 7.11. The van der Waals surface area contributed by atoms with Crippen molar-refractivity contribution in [2.75, 3.05) is 36.4 Å². The molecule has 0 aliphatic heterocycles. The first-order valence-electron chi connectivity index (χ1n) is 16.0. The number of aromatic nitrogens is 4. The molecule has 4 N–H and O–H groups in total. The summed E-state index contributed by atoms with van der Waals surface area (Å²) in [7, 11) is 3.23. The number of anilines is 2. The van der Waals surface area contributed by atoms with Gasteiger partial charge >= 0.3 is 0 Å². The van der Waals surface area contributed by atoms with Crippen LogP contribution in [0.4, 0.5) is 11.4 Å². The van der Waals surface area contributed by atoms with Crippen molar-refractivity contribution >= 4 is 68.8 Å². The second-order valence-electron chi connectivity index (χ2n) is 11.2. The first-order valence-corrected chi connectivity index (χ1v) is 17.9. The number of amides is 2. The molecule has 0 saturated carbocycles. The van der Waals surface area contributed by atoms with Gasteiger partial charge < -0.3 is 39.5 Å². The fraction of sp³-hybridized carbons (Fsp3) is 0.105. The minimum Gasteiger partial charge on any atom is -0.497 e. The standard InChI is InChI=1S/C38H32N6O6S2/c1-47-29-15-17-31-33(19-29)43-37(41-31)51-21-35(45)39-23-3-7-25(8-4-23)49-27-11-13-28(14-12-27)50-26-9-5-24(6-10-26)40-36(46)22-52-38-42-32-18-16-30(48-2)20-34(32)44-38/h3-20H,21-22H2,1-2H3,(H,39,45)(H,40,46)(H,41,43)(H,42,44). The van der Waals surface area contributed by atoms with Gasteiger partial charge in [-0.1, -0.05) is 23.5 Å². The van der Waals surface area contributed by atoms with Crippen molar-refractivity contribution in [3.05, 3.63) is 109 Å². The van der Waals surface area contributed by atoms with Crippen molar-refractivity contribution in [3.63, 3.8) is 0 Å². The normalized spacial score (nSPS) is 11.0. The quantitative estimate of drug-likeness (QED) is 0.0801. The van der Waals surface area contributed by atoms with Crippen LogP contribution in [-0.2, 0) is 9.59 Å². The number of thioether (sulfide) groups is 2. The first-order chi connectivity index (χ1) is 25.4. The second-order valence-corrected chi connectivity index (χ2v) is 13.2. The van der Waals surface area contributed by atoms with Crippen molar-refractivity contribution in [1.82, 2.24) is 19.9 Å². The molecule has 14 heteroatoms. The van der Waals surface area contributed by atoms with Gasteiger partial charge in [0.1, 0.15) is 34.5 Å². The lowest BCUT2D eigenvalue weighted by atomic mass is 10.3. The van der Waals surface area contributed by atoms with Crippen LogP contribution in [0.5, 0.6) is 34.5 Å². The summed E-state index contributed by atoms with van der Waals surface area (Å²) in [6, 6.07) is 32.7. The molecule has 52 heavy (non-hydrogen) atoms. The van der Waals surface area contributed by atoms with E-state index in [2.05, 4.69) is 30.6 Å². The largest absolute Gasteiger partial charge is 0.497 e. The van der Waals surface area contributed by atoms with Crippen LogP contribution in [0.1, 0.15) is 0 Å². The van der Waals surface area contributed by atoms with Crippen molar-refractivity contribution < 1.29 is 28.5 Å². The first kappa shape index (κ1) is 34.3. The van der Waals surface area contributed by atoms with Gasteiger partial charge in [-0.15, -0.1) is 0 Å². The summed E-state index contributed by atoms with van der Waals surface area (Å²) >= 11 is 2.64. The molecule has 5 aromatic carbocycles. The fourth-order valence-corrected chi connectivity index (χ4v) is 6.41. The molecule has 0 aliphatic carbocycles. The molecule has 0 bridgehead atoms. The average molecular weight is 733 g/mol. The summed E-state index contributed by atoms with van der Waals surface area (Å²) in [6.45, 7) is 0. The maximum Gasteiger partial charge on any atom is 0.234 e. The molecule has 7 aromatic rings. The van der Waals surface area contributed by atoms with Crippen LogP contribution >= 0.6 is 23.5 Å². The van der Waals surface area contributed by atoms with Crippen LogP contribution in [0.25, 0.3) is 22.1 Å². The van der Waals surface area contributed by atoms with Crippen LogP contribution in [0.15, 0.2) is 120 Å². The molecular formula is C38H32N6O6S2. The molecule has 0 atom stereocenters. The highest BCUT2D eigenvalue weighted by atomic mass is 32.2. The van der Waals surface area contributed by atoms with E-state index in [1.54, 1.807) is 87.0 Å². The number of aromatic amines is 2. The smallest absolute Gasteiger partial charge is 0.234 e. The van der Waals surface area contributed by atoms with Crippen LogP contribution in [0.2, 0.25) is 0 Å². The molecule has 0 fully saturated rings. The number of ether oxygens (including phenoxy) is 4. The average Bonchev–Trinajstić information content (AvgIpc) is 3.78. The third-order valence-electron chi connectivity index (χ3n) is 7.59. The Kier molecular flexibility index (Phi) is 10.5. The number of methoxy groups -OCH3 is 2. The number of rotatable bonds is 14. The maximum atomic E-state index is 12.5. The SMILES string of the molecule is COc1ccc2nc(SCC(=O)Nc3ccc(Oc4ccc(Oc5ccc(NC(=O)CSc6nc7ccc(OC)cc7[nH]6)cc5)cc4)cc3)[nH]c2c1. The van der Waals surface area contributed by atoms with E-state index < -0.39 is 0 Å². The minimum absolute atomic E-state index is 0.150. The van der Waals surface area contributed by atoms with Gasteiger partial charge in [-0.2, -0.15) is 0 Å². The molecule has 2 heterocycles. The number of nitrogens with one attached hydrogen (secondary N) is 4. The Hall–Kier alpha value is -6.12. The zero-order valence-electron chi connectivity index (χ0n) is 28.0. The number of imidazole rings is 2. The Morgan fingerprint density at radius 2 is 0.885 bits per heavy atom. The highest BCUT2D eigenvalue weighted by molar-refractivity contribution is 8.00. The Labute approximate surface area is 306 Å². The summed E-state index contributed by atoms with van der Waals surface area (Å²) < 4.78 is 22.4. The van der Waals surface area contributed by atoms with E-state index in [4.69, 9.17) is 18.9 Å². The van der Waals surface area contributed by atoms with Crippen LogP contribution in [0.3, 0.4) is 0 Å². The zero-order valence-corrected chi connectivity index (χ0v) is 29.6. The number of carbonyl (C=O) groups excluding carboxylic acids is 2. The molecule has 7 rings (SSSR count). The van der Waals surface area contributed by atoms with E-state index in [-0.39, 0.29) is 23.3 Å². The lowest BCUT2D eigenvalue weighted by molar-refractivity contribution is -0.114. The molecule has 12 nitrogen and oxygen atoms in total. The van der Waals surface area contributed by atoms with E-state index in [9.17, 15) is 9.59 Å². The predicted molar refractivity (Wildman–Crippen MR) is 203 cm³/mol. The van der Waals surface area contributed by atoms with Crippen molar-refractivity contribution in [2.45, 2.75) is 10.3 Å². The van der Waals surface area contributed by atoms with E-state index in [1.165, 1.54) is 23.5 Å². The Bertz CT molecular complexity index is 2160. The lowest BCUT2D eigenvalue weighted by Gasteiger charge is -2.10. The Morgan fingerprint density at radius 1 is 0.538 bits per heavy atom. The number of fused-ring (bicyclic) bond motifs is 2. The highest BCUT2D eigenvalue weighted by Crippen LogP contribution is 2.29.